The summed E-state index contributed by atoms with van der Waals surface area (Å²) in [6.45, 7) is 1.40. The van der Waals surface area contributed by atoms with Crippen molar-refractivity contribution in [1.82, 2.24) is 14.9 Å². The zero-order valence-electron chi connectivity index (χ0n) is 13.3. The number of aromatic amines is 1. The van der Waals surface area contributed by atoms with Crippen molar-refractivity contribution in [3.63, 3.8) is 0 Å². The van der Waals surface area contributed by atoms with E-state index in [2.05, 4.69) is 39.3 Å². The average molecular weight is 317 g/mol. The zero-order valence-corrected chi connectivity index (χ0v) is 13.3. The molecule has 0 atom stereocenters. The van der Waals surface area contributed by atoms with E-state index in [1.807, 2.05) is 42.6 Å². The Morgan fingerprint density at radius 2 is 1.88 bits per heavy atom. The maximum Gasteiger partial charge on any atom is 0.224 e. The van der Waals surface area contributed by atoms with Gasteiger partial charge in [-0.1, -0.05) is 36.4 Å². The number of hydrogen-bond acceptors (Lipinski definition) is 1. The fourth-order valence-electron chi connectivity index (χ4n) is 3.16. The summed E-state index contributed by atoms with van der Waals surface area (Å²) in [5.74, 6) is 0.0521. The van der Waals surface area contributed by atoms with Gasteiger partial charge >= 0.3 is 0 Å². The summed E-state index contributed by atoms with van der Waals surface area (Å²) in [6.07, 6.45) is 4.39. The van der Waals surface area contributed by atoms with E-state index in [4.69, 9.17) is 0 Å². The van der Waals surface area contributed by atoms with E-state index in [1.54, 1.807) is 0 Å². The second-order valence-electron chi connectivity index (χ2n) is 5.95. The number of carbonyl (C=O) groups is 1. The van der Waals surface area contributed by atoms with Crippen LogP contribution in [0.15, 0.2) is 67.0 Å². The first-order chi connectivity index (χ1) is 11.8. The molecule has 2 aromatic heterocycles. The monoisotopic (exact) mass is 317 g/mol. The fraction of sp³-hybridized carbons (Fsp3) is 0.150. The summed E-state index contributed by atoms with van der Waals surface area (Å²) in [5, 5.41) is 5.35. The van der Waals surface area contributed by atoms with Gasteiger partial charge in [0.2, 0.25) is 5.91 Å². The van der Waals surface area contributed by atoms with Gasteiger partial charge in [0.15, 0.2) is 0 Å². The van der Waals surface area contributed by atoms with Gasteiger partial charge in [-0.15, -0.1) is 0 Å². The minimum atomic E-state index is 0.0521. The van der Waals surface area contributed by atoms with Crippen LogP contribution in [0.4, 0.5) is 0 Å². The van der Waals surface area contributed by atoms with Crippen molar-refractivity contribution in [2.24, 2.45) is 0 Å². The highest BCUT2D eigenvalue weighted by molar-refractivity contribution is 5.88. The lowest BCUT2D eigenvalue weighted by molar-refractivity contribution is -0.120. The van der Waals surface area contributed by atoms with Crippen LogP contribution in [0.3, 0.4) is 0 Å². The molecule has 0 bridgehead atoms. The van der Waals surface area contributed by atoms with Crippen LogP contribution in [0.25, 0.3) is 21.8 Å². The van der Waals surface area contributed by atoms with Gasteiger partial charge in [-0.05, 0) is 29.1 Å². The van der Waals surface area contributed by atoms with E-state index >= 15 is 0 Å². The van der Waals surface area contributed by atoms with Gasteiger partial charge in [0.05, 0.1) is 6.42 Å². The number of carbonyl (C=O) groups excluding carboxylic acids is 1. The molecular formula is C20H19N3O. The summed E-state index contributed by atoms with van der Waals surface area (Å²) >= 11 is 0. The Kier molecular flexibility index (Phi) is 3.79. The van der Waals surface area contributed by atoms with Crippen molar-refractivity contribution in [2.75, 3.05) is 6.54 Å². The number of nitrogens with zero attached hydrogens (tertiary/aromatic N) is 1. The van der Waals surface area contributed by atoms with Gasteiger partial charge in [-0.2, -0.15) is 0 Å². The van der Waals surface area contributed by atoms with Gasteiger partial charge in [0.25, 0.3) is 0 Å². The molecule has 2 heterocycles. The van der Waals surface area contributed by atoms with Crippen molar-refractivity contribution in [3.8, 4) is 0 Å². The standard InChI is InChI=1S/C20H19N3O/c24-20(13-16-14-22-18-7-3-2-6-17(16)18)21-10-12-23-11-9-15-5-1-4-8-19(15)23/h1-9,11,14,22H,10,12-13H2,(H,21,24). The second-order valence-corrected chi connectivity index (χ2v) is 5.95. The summed E-state index contributed by atoms with van der Waals surface area (Å²) in [7, 11) is 0. The minimum Gasteiger partial charge on any atom is -0.361 e. The molecule has 1 amide bonds. The first-order valence-corrected chi connectivity index (χ1v) is 8.17. The van der Waals surface area contributed by atoms with Crippen molar-refractivity contribution in [3.05, 3.63) is 72.6 Å². The van der Waals surface area contributed by atoms with Crippen molar-refractivity contribution >= 4 is 27.7 Å². The number of nitrogens with one attached hydrogen (secondary N) is 2. The lowest BCUT2D eigenvalue weighted by Crippen LogP contribution is -2.28. The minimum absolute atomic E-state index is 0.0521. The third-order valence-electron chi connectivity index (χ3n) is 4.38. The summed E-state index contributed by atoms with van der Waals surface area (Å²) in [4.78, 5) is 15.4. The van der Waals surface area contributed by atoms with Crippen molar-refractivity contribution in [1.29, 1.82) is 0 Å². The van der Waals surface area contributed by atoms with Crippen LogP contribution in [-0.2, 0) is 17.8 Å². The molecule has 0 saturated carbocycles. The van der Waals surface area contributed by atoms with Gasteiger partial charge in [0, 0.05) is 41.9 Å². The summed E-state index contributed by atoms with van der Waals surface area (Å²) in [6, 6.07) is 18.4. The molecule has 0 unspecified atom stereocenters. The first kappa shape index (κ1) is 14.6. The molecule has 0 spiro atoms. The predicted octanol–water partition coefficient (Wildman–Crippen LogP) is 3.48. The molecule has 4 aromatic rings. The van der Waals surface area contributed by atoms with E-state index in [-0.39, 0.29) is 5.91 Å². The molecule has 0 aliphatic heterocycles. The summed E-state index contributed by atoms with van der Waals surface area (Å²) < 4.78 is 2.17. The predicted molar refractivity (Wildman–Crippen MR) is 97.0 cm³/mol. The quantitative estimate of drug-likeness (QED) is 0.582. The van der Waals surface area contributed by atoms with E-state index in [0.717, 1.165) is 23.0 Å². The van der Waals surface area contributed by atoms with Gasteiger partial charge in [-0.3, -0.25) is 4.79 Å². The van der Waals surface area contributed by atoms with Crippen LogP contribution in [0, 0.1) is 0 Å². The zero-order chi connectivity index (χ0) is 16.4. The number of aromatic nitrogens is 2. The molecule has 0 fully saturated rings. The average Bonchev–Trinajstić information content (AvgIpc) is 3.20. The highest BCUT2D eigenvalue weighted by Crippen LogP contribution is 2.18. The van der Waals surface area contributed by atoms with Gasteiger partial charge in [0.1, 0.15) is 0 Å². The highest BCUT2D eigenvalue weighted by atomic mass is 16.1. The van der Waals surface area contributed by atoms with Crippen LogP contribution in [0.1, 0.15) is 5.56 Å². The number of benzene rings is 2. The lowest BCUT2D eigenvalue weighted by atomic mass is 10.1. The van der Waals surface area contributed by atoms with Crippen LogP contribution in [0.2, 0.25) is 0 Å². The molecule has 0 aliphatic carbocycles. The molecule has 0 saturated heterocycles. The number of fused-ring (bicyclic) bond motifs is 2. The molecule has 0 aliphatic rings. The first-order valence-electron chi connectivity index (χ1n) is 8.17. The van der Waals surface area contributed by atoms with Gasteiger partial charge < -0.3 is 14.9 Å². The SMILES string of the molecule is O=C(Cc1c[nH]c2ccccc12)NCCn1ccc2ccccc21. The third-order valence-corrected chi connectivity index (χ3v) is 4.38. The largest absolute Gasteiger partial charge is 0.361 e. The number of amides is 1. The molecule has 0 radical (unpaired) electrons. The maximum absolute atomic E-state index is 12.2. The number of hydrogen-bond donors (Lipinski definition) is 2. The molecule has 120 valence electrons. The van der Waals surface area contributed by atoms with E-state index in [0.29, 0.717) is 13.0 Å². The lowest BCUT2D eigenvalue weighted by Gasteiger charge is -2.07. The smallest absolute Gasteiger partial charge is 0.224 e. The Hall–Kier alpha value is -3.01. The topological polar surface area (TPSA) is 49.8 Å². The Morgan fingerprint density at radius 3 is 2.83 bits per heavy atom. The second kappa shape index (κ2) is 6.24. The van der Waals surface area contributed by atoms with Crippen LogP contribution in [0.5, 0.6) is 0 Å². The highest BCUT2D eigenvalue weighted by Gasteiger charge is 2.08. The normalized spacial score (nSPS) is 11.2. The van der Waals surface area contributed by atoms with Crippen LogP contribution in [-0.4, -0.2) is 22.0 Å². The van der Waals surface area contributed by atoms with Gasteiger partial charge in [-0.25, -0.2) is 0 Å². The molecular weight excluding hydrogens is 298 g/mol. The maximum atomic E-state index is 12.2. The Balaban J connectivity index is 1.37. The van der Waals surface area contributed by atoms with Crippen LogP contribution < -0.4 is 5.32 Å². The Morgan fingerprint density at radius 1 is 1.04 bits per heavy atom. The van der Waals surface area contributed by atoms with E-state index in [9.17, 15) is 4.79 Å². The third kappa shape index (κ3) is 2.78. The van der Waals surface area contributed by atoms with E-state index < -0.39 is 0 Å². The molecule has 4 rings (SSSR count). The Labute approximate surface area is 140 Å². The molecule has 24 heavy (non-hydrogen) atoms. The summed E-state index contributed by atoms with van der Waals surface area (Å²) in [5.41, 5.74) is 3.30. The van der Waals surface area contributed by atoms with E-state index in [1.165, 1.54) is 10.9 Å². The number of H-pyrrole nitrogens is 1. The molecule has 4 heteroatoms. The van der Waals surface area contributed by atoms with Crippen molar-refractivity contribution < 1.29 is 4.79 Å². The number of rotatable bonds is 5. The van der Waals surface area contributed by atoms with Crippen LogP contribution >= 0.6 is 0 Å². The molecule has 2 aromatic carbocycles. The molecule has 4 nitrogen and oxygen atoms in total. The fourth-order valence-corrected chi connectivity index (χ4v) is 3.16. The Bertz CT molecular complexity index is 996. The number of para-hydroxylation sites is 2. The van der Waals surface area contributed by atoms with Crippen molar-refractivity contribution in [2.45, 2.75) is 13.0 Å². The molecule has 2 N–H and O–H groups in total.